The first-order valence-electron chi connectivity index (χ1n) is 8.06. The second-order valence-electron chi connectivity index (χ2n) is 7.34. The summed E-state index contributed by atoms with van der Waals surface area (Å²) in [5.41, 5.74) is 0.815. The fourth-order valence-corrected chi connectivity index (χ4v) is 3.30. The summed E-state index contributed by atoms with van der Waals surface area (Å²) < 4.78 is 27.1. The number of rotatable bonds is 4. The highest BCUT2D eigenvalue weighted by atomic mass is 19.1. The lowest BCUT2D eigenvalue weighted by molar-refractivity contribution is 0.279. The predicted octanol–water partition coefficient (Wildman–Crippen LogP) is 5.02. The van der Waals surface area contributed by atoms with Crippen LogP contribution in [-0.2, 0) is 0 Å². The van der Waals surface area contributed by atoms with Crippen LogP contribution in [0.15, 0.2) is 18.2 Å². The van der Waals surface area contributed by atoms with Crippen molar-refractivity contribution in [2.75, 3.05) is 6.54 Å². The molecule has 1 aliphatic carbocycles. The zero-order chi connectivity index (χ0) is 15.5. The van der Waals surface area contributed by atoms with Gasteiger partial charge in [0.25, 0.3) is 0 Å². The molecule has 0 radical (unpaired) electrons. The Morgan fingerprint density at radius 3 is 2.14 bits per heavy atom. The lowest BCUT2D eigenvalue weighted by Gasteiger charge is -2.33. The molecule has 0 amide bonds. The van der Waals surface area contributed by atoms with Crippen molar-refractivity contribution >= 4 is 0 Å². The molecule has 1 unspecified atom stereocenters. The van der Waals surface area contributed by atoms with Gasteiger partial charge in [-0.2, -0.15) is 0 Å². The summed E-state index contributed by atoms with van der Waals surface area (Å²) in [6.07, 6.45) is 6.07. The van der Waals surface area contributed by atoms with Crippen LogP contribution in [0, 0.1) is 17.6 Å². The Hall–Kier alpha value is -0.960. The number of hydrogen-bond acceptors (Lipinski definition) is 1. The van der Waals surface area contributed by atoms with Gasteiger partial charge in [-0.25, -0.2) is 8.78 Å². The monoisotopic (exact) mass is 295 g/mol. The molecule has 0 bridgehead atoms. The summed E-state index contributed by atoms with van der Waals surface area (Å²) in [4.78, 5) is 0. The third kappa shape index (κ3) is 5.06. The minimum atomic E-state index is -0.471. The van der Waals surface area contributed by atoms with Gasteiger partial charge in [0.2, 0.25) is 0 Å². The molecule has 0 aliphatic heterocycles. The molecular weight excluding hydrogens is 268 g/mol. The molecule has 1 saturated carbocycles. The van der Waals surface area contributed by atoms with Gasteiger partial charge < -0.3 is 5.32 Å². The Balaban J connectivity index is 2.21. The van der Waals surface area contributed by atoms with Crippen LogP contribution in [-0.4, -0.2) is 12.1 Å². The molecule has 1 fully saturated rings. The molecule has 1 N–H and O–H groups in total. The summed E-state index contributed by atoms with van der Waals surface area (Å²) in [6.45, 7) is 7.14. The number of benzene rings is 1. The quantitative estimate of drug-likeness (QED) is 0.822. The highest BCUT2D eigenvalue weighted by molar-refractivity contribution is 5.23. The van der Waals surface area contributed by atoms with Crippen LogP contribution in [0.3, 0.4) is 0 Å². The first-order chi connectivity index (χ1) is 9.85. The topological polar surface area (TPSA) is 12.0 Å². The Morgan fingerprint density at radius 2 is 1.62 bits per heavy atom. The van der Waals surface area contributed by atoms with E-state index < -0.39 is 11.6 Å². The largest absolute Gasteiger partial charge is 0.311 e. The van der Waals surface area contributed by atoms with E-state index in [1.807, 2.05) is 0 Å². The van der Waals surface area contributed by atoms with Crippen molar-refractivity contribution < 1.29 is 8.78 Å². The first kappa shape index (κ1) is 16.4. The zero-order valence-electron chi connectivity index (χ0n) is 13.4. The minimum absolute atomic E-state index is 0.0127. The van der Waals surface area contributed by atoms with Gasteiger partial charge in [0.15, 0.2) is 0 Å². The van der Waals surface area contributed by atoms with Gasteiger partial charge in [-0.3, -0.25) is 0 Å². The molecule has 0 spiro atoms. The molecule has 0 aromatic heterocycles. The van der Waals surface area contributed by atoms with Crippen LogP contribution < -0.4 is 5.32 Å². The maximum atomic E-state index is 13.6. The average Bonchev–Trinajstić information content (AvgIpc) is 2.37. The Labute approximate surface area is 127 Å². The molecule has 118 valence electrons. The van der Waals surface area contributed by atoms with Gasteiger partial charge in [-0.05, 0) is 63.1 Å². The van der Waals surface area contributed by atoms with Crippen molar-refractivity contribution in [3.63, 3.8) is 0 Å². The van der Waals surface area contributed by atoms with Crippen molar-refractivity contribution in [1.82, 2.24) is 5.32 Å². The molecule has 2 rings (SSSR count). The maximum absolute atomic E-state index is 13.6. The molecule has 3 heteroatoms. The van der Waals surface area contributed by atoms with E-state index in [1.165, 1.54) is 31.4 Å². The SMILES string of the molecule is CC(C)(C)NCC(c1cc(F)cc(F)c1)C1CCCCC1. The first-order valence-corrected chi connectivity index (χ1v) is 8.06. The summed E-state index contributed by atoms with van der Waals surface area (Å²) in [6, 6.07) is 3.97. The molecule has 21 heavy (non-hydrogen) atoms. The van der Waals surface area contributed by atoms with Crippen molar-refractivity contribution in [3.8, 4) is 0 Å². The van der Waals surface area contributed by atoms with E-state index in [2.05, 4.69) is 26.1 Å². The highest BCUT2D eigenvalue weighted by Gasteiger charge is 2.27. The molecule has 1 aromatic carbocycles. The van der Waals surface area contributed by atoms with Gasteiger partial charge in [0, 0.05) is 18.2 Å². The second kappa shape index (κ2) is 6.87. The van der Waals surface area contributed by atoms with E-state index in [0.717, 1.165) is 31.0 Å². The van der Waals surface area contributed by atoms with Crippen LogP contribution in [0.4, 0.5) is 8.78 Å². The normalized spacial score (nSPS) is 18.7. The van der Waals surface area contributed by atoms with Crippen LogP contribution >= 0.6 is 0 Å². The van der Waals surface area contributed by atoms with Crippen LogP contribution in [0.5, 0.6) is 0 Å². The fraction of sp³-hybridized carbons (Fsp3) is 0.667. The number of halogens is 2. The lowest BCUT2D eigenvalue weighted by Crippen LogP contribution is -2.40. The molecule has 0 saturated heterocycles. The summed E-state index contributed by atoms with van der Waals surface area (Å²) in [5, 5.41) is 3.51. The molecular formula is C18H27F2N. The van der Waals surface area contributed by atoms with Crippen molar-refractivity contribution in [1.29, 1.82) is 0 Å². The van der Waals surface area contributed by atoms with Crippen molar-refractivity contribution in [3.05, 3.63) is 35.4 Å². The summed E-state index contributed by atoms with van der Waals surface area (Å²) >= 11 is 0. The Bertz CT molecular complexity index is 439. The van der Waals surface area contributed by atoms with Crippen molar-refractivity contribution in [2.45, 2.75) is 64.3 Å². The van der Waals surface area contributed by atoms with Gasteiger partial charge in [0.05, 0.1) is 0 Å². The standard InChI is InChI=1S/C18H27F2N/c1-18(2,3)21-12-17(13-7-5-4-6-8-13)14-9-15(19)11-16(20)10-14/h9-11,13,17,21H,4-8,12H2,1-3H3. The van der Waals surface area contributed by atoms with E-state index >= 15 is 0 Å². The Morgan fingerprint density at radius 1 is 1.05 bits per heavy atom. The predicted molar refractivity (Wildman–Crippen MR) is 83.4 cm³/mol. The molecule has 1 aromatic rings. The van der Waals surface area contributed by atoms with Crippen LogP contribution in [0.2, 0.25) is 0 Å². The smallest absolute Gasteiger partial charge is 0.126 e. The third-order valence-electron chi connectivity index (χ3n) is 4.38. The van der Waals surface area contributed by atoms with Crippen molar-refractivity contribution in [2.24, 2.45) is 5.92 Å². The van der Waals surface area contributed by atoms with Gasteiger partial charge in [0.1, 0.15) is 11.6 Å². The average molecular weight is 295 g/mol. The third-order valence-corrected chi connectivity index (χ3v) is 4.38. The minimum Gasteiger partial charge on any atom is -0.311 e. The fourth-order valence-electron chi connectivity index (χ4n) is 3.30. The second-order valence-corrected chi connectivity index (χ2v) is 7.34. The van der Waals surface area contributed by atoms with Gasteiger partial charge >= 0.3 is 0 Å². The van der Waals surface area contributed by atoms with Gasteiger partial charge in [-0.15, -0.1) is 0 Å². The molecule has 0 heterocycles. The molecule has 1 nitrogen and oxygen atoms in total. The maximum Gasteiger partial charge on any atom is 0.126 e. The van der Waals surface area contributed by atoms with E-state index in [9.17, 15) is 8.78 Å². The zero-order valence-corrected chi connectivity index (χ0v) is 13.4. The number of nitrogens with one attached hydrogen (secondary N) is 1. The summed E-state index contributed by atoms with van der Waals surface area (Å²) in [5.74, 6) is -0.229. The van der Waals surface area contributed by atoms with E-state index in [4.69, 9.17) is 0 Å². The lowest BCUT2D eigenvalue weighted by atomic mass is 9.76. The molecule has 1 aliphatic rings. The Kier molecular flexibility index (Phi) is 5.37. The highest BCUT2D eigenvalue weighted by Crippen LogP contribution is 2.36. The molecule has 1 atom stereocenters. The van der Waals surface area contributed by atoms with Crippen LogP contribution in [0.1, 0.15) is 64.4 Å². The van der Waals surface area contributed by atoms with Crippen LogP contribution in [0.25, 0.3) is 0 Å². The summed E-state index contributed by atoms with van der Waals surface area (Å²) in [7, 11) is 0. The van der Waals surface area contributed by atoms with E-state index in [1.54, 1.807) is 0 Å². The van der Waals surface area contributed by atoms with Gasteiger partial charge in [-0.1, -0.05) is 19.3 Å². The van der Waals surface area contributed by atoms with E-state index in [-0.39, 0.29) is 11.5 Å². The van der Waals surface area contributed by atoms with E-state index in [0.29, 0.717) is 5.92 Å². The number of hydrogen-bond donors (Lipinski definition) is 1.